The average Bonchev–Trinajstić information content (AvgIpc) is 2.93. The zero-order chi connectivity index (χ0) is 9.97. The lowest BCUT2D eigenvalue weighted by atomic mass is 10.1. The standard InChI is InChI=1S/C10H18N4/c1-8(3-2-6-11)10-13-12-7-14(10)9-4-5-9/h7-9H,2-6,11H2,1H3. The summed E-state index contributed by atoms with van der Waals surface area (Å²) in [5, 5.41) is 8.20. The molecule has 0 aliphatic heterocycles. The summed E-state index contributed by atoms with van der Waals surface area (Å²) in [6, 6.07) is 0.681. The molecule has 0 spiro atoms. The Labute approximate surface area is 84.5 Å². The van der Waals surface area contributed by atoms with Crippen molar-refractivity contribution in [1.82, 2.24) is 14.8 Å². The molecule has 14 heavy (non-hydrogen) atoms. The number of hydrogen-bond acceptors (Lipinski definition) is 3. The first-order valence-corrected chi connectivity index (χ1v) is 5.42. The highest BCUT2D eigenvalue weighted by Crippen LogP contribution is 2.37. The normalized spacial score (nSPS) is 18.4. The lowest BCUT2D eigenvalue weighted by Gasteiger charge is -2.11. The van der Waals surface area contributed by atoms with Crippen LogP contribution in [0.5, 0.6) is 0 Å². The molecule has 1 unspecified atom stereocenters. The third-order valence-electron chi connectivity index (χ3n) is 2.82. The van der Waals surface area contributed by atoms with Crippen molar-refractivity contribution in [3.05, 3.63) is 12.2 Å². The molecule has 2 N–H and O–H groups in total. The van der Waals surface area contributed by atoms with Gasteiger partial charge >= 0.3 is 0 Å². The number of rotatable bonds is 5. The van der Waals surface area contributed by atoms with E-state index in [0.29, 0.717) is 12.0 Å². The monoisotopic (exact) mass is 194 g/mol. The van der Waals surface area contributed by atoms with Gasteiger partial charge < -0.3 is 10.3 Å². The highest BCUT2D eigenvalue weighted by Gasteiger charge is 2.27. The first-order chi connectivity index (χ1) is 6.83. The zero-order valence-electron chi connectivity index (χ0n) is 8.69. The van der Waals surface area contributed by atoms with E-state index in [2.05, 4.69) is 21.7 Å². The zero-order valence-corrected chi connectivity index (χ0v) is 8.69. The van der Waals surface area contributed by atoms with Crippen LogP contribution in [0.3, 0.4) is 0 Å². The van der Waals surface area contributed by atoms with Crippen LogP contribution in [0.4, 0.5) is 0 Å². The highest BCUT2D eigenvalue weighted by molar-refractivity contribution is 5.00. The van der Waals surface area contributed by atoms with E-state index in [4.69, 9.17) is 5.73 Å². The van der Waals surface area contributed by atoms with Gasteiger partial charge in [0.15, 0.2) is 0 Å². The summed E-state index contributed by atoms with van der Waals surface area (Å²) >= 11 is 0. The molecule has 1 aliphatic rings. The first-order valence-electron chi connectivity index (χ1n) is 5.42. The van der Waals surface area contributed by atoms with E-state index in [1.54, 1.807) is 0 Å². The predicted molar refractivity (Wildman–Crippen MR) is 55.0 cm³/mol. The second-order valence-corrected chi connectivity index (χ2v) is 4.16. The Bertz CT molecular complexity index is 290. The third kappa shape index (κ3) is 1.95. The van der Waals surface area contributed by atoms with Crippen LogP contribution < -0.4 is 5.73 Å². The van der Waals surface area contributed by atoms with Crippen LogP contribution in [-0.4, -0.2) is 21.3 Å². The van der Waals surface area contributed by atoms with Crippen LogP contribution in [-0.2, 0) is 0 Å². The lowest BCUT2D eigenvalue weighted by Crippen LogP contribution is -2.07. The largest absolute Gasteiger partial charge is 0.330 e. The van der Waals surface area contributed by atoms with Gasteiger partial charge in [-0.25, -0.2) is 0 Å². The second kappa shape index (κ2) is 4.09. The van der Waals surface area contributed by atoms with E-state index in [1.807, 2.05) is 6.33 Å². The molecule has 4 nitrogen and oxygen atoms in total. The van der Waals surface area contributed by atoms with Gasteiger partial charge in [0.1, 0.15) is 12.2 Å². The van der Waals surface area contributed by atoms with Crippen molar-refractivity contribution >= 4 is 0 Å². The minimum absolute atomic E-state index is 0.488. The van der Waals surface area contributed by atoms with Gasteiger partial charge in [0.2, 0.25) is 0 Å². The summed E-state index contributed by atoms with van der Waals surface area (Å²) in [4.78, 5) is 0. The number of aromatic nitrogens is 3. The van der Waals surface area contributed by atoms with Crippen LogP contribution in [0.1, 0.15) is 50.4 Å². The lowest BCUT2D eigenvalue weighted by molar-refractivity contribution is 0.562. The van der Waals surface area contributed by atoms with Crippen molar-refractivity contribution in [2.75, 3.05) is 6.54 Å². The molecule has 0 radical (unpaired) electrons. The molecule has 4 heteroatoms. The van der Waals surface area contributed by atoms with Crippen molar-refractivity contribution in [1.29, 1.82) is 0 Å². The summed E-state index contributed by atoms with van der Waals surface area (Å²) < 4.78 is 2.24. The molecule has 1 aromatic rings. The Morgan fingerprint density at radius 2 is 2.43 bits per heavy atom. The molecular formula is C10H18N4. The van der Waals surface area contributed by atoms with Crippen LogP contribution in [0.15, 0.2) is 6.33 Å². The van der Waals surface area contributed by atoms with Gasteiger partial charge in [-0.05, 0) is 32.2 Å². The highest BCUT2D eigenvalue weighted by atomic mass is 15.3. The summed E-state index contributed by atoms with van der Waals surface area (Å²) in [6.07, 6.45) is 6.62. The summed E-state index contributed by atoms with van der Waals surface area (Å²) in [5.41, 5.74) is 5.50. The van der Waals surface area contributed by atoms with E-state index in [9.17, 15) is 0 Å². The van der Waals surface area contributed by atoms with E-state index in [0.717, 1.165) is 25.2 Å². The maximum atomic E-state index is 5.50. The number of nitrogens with zero attached hydrogens (tertiary/aromatic N) is 3. The molecule has 1 aromatic heterocycles. The SMILES string of the molecule is CC(CCCN)c1nncn1C1CC1. The Kier molecular flexibility index (Phi) is 2.82. The topological polar surface area (TPSA) is 56.7 Å². The molecule has 2 rings (SSSR count). The second-order valence-electron chi connectivity index (χ2n) is 4.16. The maximum absolute atomic E-state index is 5.50. The molecule has 1 fully saturated rings. The van der Waals surface area contributed by atoms with Crippen LogP contribution in [0.2, 0.25) is 0 Å². The van der Waals surface area contributed by atoms with Gasteiger partial charge in [0.25, 0.3) is 0 Å². The molecule has 1 saturated carbocycles. The number of hydrogen-bond donors (Lipinski definition) is 1. The Morgan fingerprint density at radius 3 is 3.07 bits per heavy atom. The predicted octanol–water partition coefficient (Wildman–Crippen LogP) is 1.46. The van der Waals surface area contributed by atoms with Gasteiger partial charge in [0.05, 0.1) is 0 Å². The van der Waals surface area contributed by atoms with Crippen molar-refractivity contribution in [2.45, 2.75) is 44.6 Å². The molecule has 78 valence electrons. The smallest absolute Gasteiger partial charge is 0.135 e. The number of nitrogens with two attached hydrogens (primary N) is 1. The van der Waals surface area contributed by atoms with Crippen molar-refractivity contribution in [3.63, 3.8) is 0 Å². The minimum atomic E-state index is 0.488. The van der Waals surface area contributed by atoms with E-state index >= 15 is 0 Å². The van der Waals surface area contributed by atoms with Crippen LogP contribution in [0.25, 0.3) is 0 Å². The molecule has 1 heterocycles. The van der Waals surface area contributed by atoms with Crippen LogP contribution in [0, 0.1) is 0 Å². The Morgan fingerprint density at radius 1 is 1.64 bits per heavy atom. The van der Waals surface area contributed by atoms with Gasteiger partial charge in [-0.1, -0.05) is 6.92 Å². The van der Waals surface area contributed by atoms with Crippen molar-refractivity contribution < 1.29 is 0 Å². The van der Waals surface area contributed by atoms with Gasteiger partial charge in [-0.15, -0.1) is 10.2 Å². The molecule has 0 bridgehead atoms. The molecule has 0 saturated heterocycles. The molecule has 0 aromatic carbocycles. The van der Waals surface area contributed by atoms with Gasteiger partial charge in [-0.3, -0.25) is 0 Å². The van der Waals surface area contributed by atoms with E-state index < -0.39 is 0 Å². The van der Waals surface area contributed by atoms with E-state index in [-0.39, 0.29) is 0 Å². The molecule has 1 aliphatic carbocycles. The maximum Gasteiger partial charge on any atom is 0.135 e. The summed E-state index contributed by atoms with van der Waals surface area (Å²) in [5.74, 6) is 1.63. The first kappa shape index (κ1) is 9.65. The van der Waals surface area contributed by atoms with Crippen LogP contribution >= 0.6 is 0 Å². The molecule has 0 amide bonds. The van der Waals surface area contributed by atoms with Gasteiger partial charge in [0, 0.05) is 12.0 Å². The Balaban J connectivity index is 2.02. The summed E-state index contributed by atoms with van der Waals surface area (Å²) in [7, 11) is 0. The molecular weight excluding hydrogens is 176 g/mol. The fraction of sp³-hybridized carbons (Fsp3) is 0.800. The van der Waals surface area contributed by atoms with Crippen molar-refractivity contribution in [3.8, 4) is 0 Å². The molecule has 1 atom stereocenters. The minimum Gasteiger partial charge on any atom is -0.330 e. The van der Waals surface area contributed by atoms with Gasteiger partial charge in [-0.2, -0.15) is 0 Å². The quantitative estimate of drug-likeness (QED) is 0.772. The van der Waals surface area contributed by atoms with Crippen molar-refractivity contribution in [2.24, 2.45) is 5.73 Å². The Hall–Kier alpha value is -0.900. The summed E-state index contributed by atoms with van der Waals surface area (Å²) in [6.45, 7) is 2.97. The average molecular weight is 194 g/mol. The van der Waals surface area contributed by atoms with E-state index in [1.165, 1.54) is 12.8 Å². The fourth-order valence-corrected chi connectivity index (χ4v) is 1.79. The third-order valence-corrected chi connectivity index (χ3v) is 2.82. The fourth-order valence-electron chi connectivity index (χ4n) is 1.79.